The lowest BCUT2D eigenvalue weighted by molar-refractivity contribution is -0.145. The number of amides is 2. The number of likely N-dealkylation sites (tertiary alicyclic amines) is 1. The number of carbonyl (C=O) groups excluding carboxylic acids is 2. The monoisotopic (exact) mass is 381 g/mol. The number of hydrogen-bond donors (Lipinski definition) is 2. The highest BCUT2D eigenvalue weighted by Gasteiger charge is 2.38. The van der Waals surface area contributed by atoms with Gasteiger partial charge in [-0.3, -0.25) is 9.59 Å². The van der Waals surface area contributed by atoms with E-state index in [2.05, 4.69) is 5.32 Å². The molecule has 1 aliphatic heterocycles. The Kier molecular flexibility index (Phi) is 9.09. The van der Waals surface area contributed by atoms with Gasteiger partial charge < -0.3 is 16.0 Å². The Morgan fingerprint density at radius 1 is 1.15 bits per heavy atom. The van der Waals surface area contributed by atoms with E-state index in [1.165, 1.54) is 0 Å². The third kappa shape index (κ3) is 5.21. The maximum Gasteiger partial charge on any atom is 0.230 e. The number of halogens is 1. The van der Waals surface area contributed by atoms with Crippen LogP contribution in [-0.2, 0) is 16.1 Å². The van der Waals surface area contributed by atoms with Gasteiger partial charge in [0.1, 0.15) is 0 Å². The molecule has 146 valence electrons. The van der Waals surface area contributed by atoms with Gasteiger partial charge >= 0.3 is 0 Å². The van der Waals surface area contributed by atoms with Gasteiger partial charge in [-0.05, 0) is 31.2 Å². The summed E-state index contributed by atoms with van der Waals surface area (Å²) in [6, 6.07) is 9.91. The molecule has 0 aliphatic carbocycles. The molecule has 26 heavy (non-hydrogen) atoms. The van der Waals surface area contributed by atoms with E-state index in [9.17, 15) is 9.59 Å². The van der Waals surface area contributed by atoms with Gasteiger partial charge in [-0.25, -0.2) is 0 Å². The summed E-state index contributed by atoms with van der Waals surface area (Å²) in [6.07, 6.45) is 2.97. The predicted octanol–water partition coefficient (Wildman–Crippen LogP) is 2.73. The van der Waals surface area contributed by atoms with E-state index in [1.807, 2.05) is 49.1 Å². The Morgan fingerprint density at radius 2 is 1.73 bits per heavy atom. The van der Waals surface area contributed by atoms with Gasteiger partial charge in [0.05, 0.1) is 5.41 Å². The number of benzene rings is 1. The number of nitrogens with one attached hydrogen (secondary N) is 1. The molecule has 0 aromatic heterocycles. The van der Waals surface area contributed by atoms with Crippen molar-refractivity contribution in [2.45, 2.75) is 46.1 Å². The molecule has 0 unspecified atom stereocenters. The van der Waals surface area contributed by atoms with Crippen LogP contribution in [0.2, 0.25) is 0 Å². The molecule has 2 amide bonds. The zero-order valence-corrected chi connectivity index (χ0v) is 16.7. The molecule has 0 atom stereocenters. The van der Waals surface area contributed by atoms with Crippen LogP contribution < -0.4 is 11.1 Å². The van der Waals surface area contributed by atoms with Crippen LogP contribution in [0.5, 0.6) is 0 Å². The minimum Gasteiger partial charge on any atom is -0.352 e. The normalized spacial score (nSPS) is 15.3. The summed E-state index contributed by atoms with van der Waals surface area (Å²) in [4.78, 5) is 27.1. The maximum atomic E-state index is 12.8. The molecule has 0 spiro atoms. The first-order chi connectivity index (χ1) is 12.1. The molecular weight excluding hydrogens is 350 g/mol. The summed E-state index contributed by atoms with van der Waals surface area (Å²) in [5, 5.41) is 3.01. The number of rotatable bonds is 7. The van der Waals surface area contributed by atoms with Gasteiger partial charge in [-0.15, -0.1) is 12.4 Å². The van der Waals surface area contributed by atoms with Crippen LogP contribution in [-0.4, -0.2) is 36.3 Å². The van der Waals surface area contributed by atoms with Crippen molar-refractivity contribution < 1.29 is 9.59 Å². The fourth-order valence-corrected chi connectivity index (χ4v) is 3.54. The van der Waals surface area contributed by atoms with Gasteiger partial charge in [0.2, 0.25) is 11.8 Å². The average Bonchev–Trinajstić information content (AvgIpc) is 2.68. The molecule has 1 fully saturated rings. The molecule has 1 aliphatic rings. The van der Waals surface area contributed by atoms with Crippen molar-refractivity contribution in [3.05, 3.63) is 35.9 Å². The predicted molar refractivity (Wildman–Crippen MR) is 107 cm³/mol. The van der Waals surface area contributed by atoms with Crippen molar-refractivity contribution in [2.24, 2.45) is 17.1 Å². The quantitative estimate of drug-likeness (QED) is 0.762. The number of nitrogens with zero attached hydrogens (tertiary/aromatic N) is 1. The minimum absolute atomic E-state index is 0. The highest BCUT2D eigenvalue weighted by Crippen LogP contribution is 2.30. The Hall–Kier alpha value is -1.59. The molecule has 0 saturated carbocycles. The molecule has 0 radical (unpaired) electrons. The SMILES string of the molecule is CCC(CC)(CN)C(=O)N1CCC(C(=O)NCc2ccccc2)CC1.Cl. The largest absolute Gasteiger partial charge is 0.352 e. The maximum absolute atomic E-state index is 12.8. The van der Waals surface area contributed by atoms with E-state index in [0.29, 0.717) is 26.2 Å². The Morgan fingerprint density at radius 3 is 2.23 bits per heavy atom. The second-order valence-corrected chi connectivity index (χ2v) is 6.96. The van der Waals surface area contributed by atoms with E-state index in [1.54, 1.807) is 0 Å². The van der Waals surface area contributed by atoms with E-state index in [4.69, 9.17) is 5.73 Å². The van der Waals surface area contributed by atoms with Crippen molar-refractivity contribution in [1.29, 1.82) is 0 Å². The molecule has 0 bridgehead atoms. The van der Waals surface area contributed by atoms with Crippen LogP contribution in [0.1, 0.15) is 45.1 Å². The Balaban J connectivity index is 0.00000338. The second-order valence-electron chi connectivity index (χ2n) is 6.96. The molecule has 5 nitrogen and oxygen atoms in total. The van der Waals surface area contributed by atoms with Crippen LogP contribution in [0.15, 0.2) is 30.3 Å². The number of carbonyl (C=O) groups is 2. The summed E-state index contributed by atoms with van der Waals surface area (Å²) >= 11 is 0. The first-order valence-corrected chi connectivity index (χ1v) is 9.37. The minimum atomic E-state index is -0.442. The van der Waals surface area contributed by atoms with Crippen LogP contribution in [0.4, 0.5) is 0 Å². The summed E-state index contributed by atoms with van der Waals surface area (Å²) in [7, 11) is 0. The summed E-state index contributed by atoms with van der Waals surface area (Å²) < 4.78 is 0. The van der Waals surface area contributed by atoms with E-state index >= 15 is 0 Å². The van der Waals surface area contributed by atoms with Crippen molar-refractivity contribution in [1.82, 2.24) is 10.2 Å². The van der Waals surface area contributed by atoms with Gasteiger partial charge in [-0.1, -0.05) is 44.2 Å². The number of piperidine rings is 1. The first kappa shape index (κ1) is 22.5. The molecule has 1 heterocycles. The van der Waals surface area contributed by atoms with Crippen LogP contribution in [0, 0.1) is 11.3 Å². The smallest absolute Gasteiger partial charge is 0.230 e. The topological polar surface area (TPSA) is 75.4 Å². The molecule has 1 saturated heterocycles. The lowest BCUT2D eigenvalue weighted by atomic mass is 9.80. The van der Waals surface area contributed by atoms with Gasteiger partial charge in [-0.2, -0.15) is 0 Å². The van der Waals surface area contributed by atoms with Crippen molar-refractivity contribution in [2.75, 3.05) is 19.6 Å². The Bertz CT molecular complexity index is 559. The zero-order valence-electron chi connectivity index (χ0n) is 15.9. The highest BCUT2D eigenvalue weighted by atomic mass is 35.5. The highest BCUT2D eigenvalue weighted by molar-refractivity contribution is 5.85. The fourth-order valence-electron chi connectivity index (χ4n) is 3.54. The van der Waals surface area contributed by atoms with Crippen molar-refractivity contribution in [3.63, 3.8) is 0 Å². The molecular formula is C20H32ClN3O2. The zero-order chi connectivity index (χ0) is 18.3. The van der Waals surface area contributed by atoms with Gasteiger partial charge in [0.15, 0.2) is 0 Å². The molecule has 1 aromatic carbocycles. The lowest BCUT2D eigenvalue weighted by Crippen LogP contribution is -2.51. The standard InChI is InChI=1S/C20H31N3O2.ClH/c1-3-20(4-2,15-21)19(25)23-12-10-17(11-13-23)18(24)22-14-16-8-6-5-7-9-16;/h5-9,17H,3-4,10-15,21H2,1-2H3,(H,22,24);1H. The molecule has 6 heteroatoms. The van der Waals surface area contributed by atoms with Gasteiger partial charge in [0.25, 0.3) is 0 Å². The van der Waals surface area contributed by atoms with E-state index in [-0.39, 0.29) is 30.1 Å². The summed E-state index contributed by atoms with van der Waals surface area (Å²) in [6.45, 7) is 6.28. The van der Waals surface area contributed by atoms with Crippen molar-refractivity contribution >= 4 is 24.2 Å². The van der Waals surface area contributed by atoms with E-state index < -0.39 is 5.41 Å². The third-order valence-electron chi connectivity index (χ3n) is 5.66. The third-order valence-corrected chi connectivity index (χ3v) is 5.66. The number of nitrogens with two attached hydrogens (primary N) is 1. The van der Waals surface area contributed by atoms with Crippen LogP contribution >= 0.6 is 12.4 Å². The number of hydrogen-bond acceptors (Lipinski definition) is 3. The lowest BCUT2D eigenvalue weighted by Gasteiger charge is -2.38. The summed E-state index contributed by atoms with van der Waals surface area (Å²) in [5.41, 5.74) is 6.55. The Labute approximate surface area is 163 Å². The van der Waals surface area contributed by atoms with E-state index in [0.717, 1.165) is 31.2 Å². The summed E-state index contributed by atoms with van der Waals surface area (Å²) in [5.74, 6) is 0.235. The van der Waals surface area contributed by atoms with Gasteiger partial charge in [0, 0.05) is 32.1 Å². The van der Waals surface area contributed by atoms with Crippen molar-refractivity contribution in [3.8, 4) is 0 Å². The second kappa shape index (κ2) is 10.5. The fraction of sp³-hybridized carbons (Fsp3) is 0.600. The first-order valence-electron chi connectivity index (χ1n) is 9.37. The average molecular weight is 382 g/mol. The van der Waals surface area contributed by atoms with Crippen LogP contribution in [0.3, 0.4) is 0 Å². The molecule has 3 N–H and O–H groups in total. The van der Waals surface area contributed by atoms with Crippen LogP contribution in [0.25, 0.3) is 0 Å². The molecule has 1 aromatic rings. The molecule has 2 rings (SSSR count).